The van der Waals surface area contributed by atoms with Crippen molar-refractivity contribution in [2.75, 3.05) is 0 Å². The Morgan fingerprint density at radius 2 is 1.47 bits per heavy atom. The van der Waals surface area contributed by atoms with Crippen LogP contribution >= 0.6 is 27.7 Å². The van der Waals surface area contributed by atoms with Gasteiger partial charge in [0.2, 0.25) is 0 Å². The van der Waals surface area contributed by atoms with Crippen LogP contribution in [0, 0.1) is 17.5 Å². The molecule has 0 aliphatic rings. The first-order valence-electron chi connectivity index (χ1n) is 4.07. The molecule has 15 heavy (non-hydrogen) atoms. The van der Waals surface area contributed by atoms with Crippen molar-refractivity contribution >= 4 is 38.7 Å². The van der Waals surface area contributed by atoms with Crippen LogP contribution in [0.1, 0.15) is 13.8 Å². The molecule has 1 heterocycles. The van der Waals surface area contributed by atoms with Crippen LogP contribution in [-0.4, -0.2) is 8.75 Å². The zero-order valence-corrected chi connectivity index (χ0v) is 10.2. The van der Waals surface area contributed by atoms with Crippen molar-refractivity contribution in [1.29, 1.82) is 0 Å². The molecule has 0 N–H and O–H groups in total. The highest BCUT2D eigenvalue weighted by molar-refractivity contribution is 9.10. The molecule has 0 atom stereocenters. The van der Waals surface area contributed by atoms with Crippen molar-refractivity contribution in [3.8, 4) is 0 Å². The molecule has 7 heteroatoms. The van der Waals surface area contributed by atoms with Crippen LogP contribution < -0.4 is 0 Å². The predicted molar refractivity (Wildman–Crippen MR) is 56.3 cm³/mol. The van der Waals surface area contributed by atoms with Crippen molar-refractivity contribution in [1.82, 2.24) is 8.75 Å². The van der Waals surface area contributed by atoms with Gasteiger partial charge < -0.3 is 0 Å². The van der Waals surface area contributed by atoms with E-state index in [2.05, 4.69) is 24.7 Å². The van der Waals surface area contributed by atoms with Gasteiger partial charge in [0, 0.05) is 0 Å². The minimum absolute atomic E-state index is 0.00130. The van der Waals surface area contributed by atoms with Crippen molar-refractivity contribution in [3.05, 3.63) is 21.9 Å². The summed E-state index contributed by atoms with van der Waals surface area (Å²) in [6.45, 7) is 4.00. The number of fused-ring (bicyclic) bond motifs is 1. The van der Waals surface area contributed by atoms with E-state index in [0.29, 0.717) is 11.7 Å². The lowest BCUT2D eigenvalue weighted by molar-refractivity contribution is 0.450. The van der Waals surface area contributed by atoms with Gasteiger partial charge in [0.05, 0.1) is 16.2 Å². The molecule has 2 nitrogen and oxygen atoms in total. The zero-order chi connectivity index (χ0) is 11.6. The number of rotatable bonds is 0. The Bertz CT molecular complexity index is 444. The number of hydrogen-bond acceptors (Lipinski definition) is 3. The van der Waals surface area contributed by atoms with E-state index < -0.39 is 17.5 Å². The SMILES string of the molecule is CC.Fc1c(F)c(Br)c2nsnc2c1F. The molecule has 0 aliphatic carbocycles. The quantitative estimate of drug-likeness (QED) is 0.544. The van der Waals surface area contributed by atoms with Gasteiger partial charge in [-0.3, -0.25) is 0 Å². The minimum Gasteiger partial charge on any atom is -0.202 e. The van der Waals surface area contributed by atoms with Gasteiger partial charge in [-0.1, -0.05) is 13.8 Å². The molecule has 0 fully saturated rings. The van der Waals surface area contributed by atoms with Crippen LogP contribution in [0.5, 0.6) is 0 Å². The average molecular weight is 299 g/mol. The average Bonchev–Trinajstić information content (AvgIpc) is 2.75. The fourth-order valence-electron chi connectivity index (χ4n) is 0.877. The monoisotopic (exact) mass is 298 g/mol. The van der Waals surface area contributed by atoms with Crippen molar-refractivity contribution < 1.29 is 13.2 Å². The van der Waals surface area contributed by atoms with Gasteiger partial charge in [0.1, 0.15) is 11.0 Å². The van der Waals surface area contributed by atoms with Crippen LogP contribution in [0.15, 0.2) is 4.47 Å². The standard InChI is InChI=1S/C6BrF3N2S.C2H6/c7-1-2(8)3(9)4(10)6-5(1)11-13-12-6;1-2/h;1-2H3. The molecule has 0 spiro atoms. The number of nitrogens with zero attached hydrogens (tertiary/aromatic N) is 2. The molecule has 0 unspecified atom stereocenters. The molecule has 2 rings (SSSR count). The first-order valence-corrected chi connectivity index (χ1v) is 5.59. The maximum absolute atomic E-state index is 12.9. The van der Waals surface area contributed by atoms with Gasteiger partial charge in [-0.15, -0.1) is 0 Å². The lowest BCUT2D eigenvalue weighted by atomic mass is 10.3. The molecule has 0 aliphatic heterocycles. The molecular weight excluding hydrogens is 293 g/mol. The molecule has 1 aromatic carbocycles. The van der Waals surface area contributed by atoms with Crippen molar-refractivity contribution in [2.45, 2.75) is 13.8 Å². The van der Waals surface area contributed by atoms with E-state index in [4.69, 9.17) is 0 Å². The summed E-state index contributed by atoms with van der Waals surface area (Å²) in [5.41, 5.74) is -0.253. The van der Waals surface area contributed by atoms with Crippen molar-refractivity contribution in [2.24, 2.45) is 0 Å². The van der Waals surface area contributed by atoms with E-state index in [9.17, 15) is 13.2 Å². The maximum Gasteiger partial charge on any atom is 0.198 e. The van der Waals surface area contributed by atoms with Crippen molar-refractivity contribution in [3.63, 3.8) is 0 Å². The molecule has 82 valence electrons. The largest absolute Gasteiger partial charge is 0.202 e. The second-order valence-electron chi connectivity index (χ2n) is 2.22. The summed E-state index contributed by atoms with van der Waals surface area (Å²) >= 11 is 3.46. The Morgan fingerprint density at radius 1 is 0.933 bits per heavy atom. The fraction of sp³-hybridized carbons (Fsp3) is 0.250. The summed E-state index contributed by atoms with van der Waals surface area (Å²) in [7, 11) is 0. The molecular formula is C8H6BrF3N2S. The second kappa shape index (κ2) is 4.89. The second-order valence-corrected chi connectivity index (χ2v) is 3.54. The molecule has 0 saturated heterocycles. The molecule has 0 radical (unpaired) electrons. The van der Waals surface area contributed by atoms with E-state index in [1.165, 1.54) is 0 Å². The summed E-state index contributed by atoms with van der Waals surface area (Å²) in [4.78, 5) is 0. The van der Waals surface area contributed by atoms with E-state index in [1.54, 1.807) is 0 Å². The van der Waals surface area contributed by atoms with Gasteiger partial charge in [-0.25, -0.2) is 13.2 Å². The number of hydrogen-bond donors (Lipinski definition) is 0. The smallest absolute Gasteiger partial charge is 0.198 e. The third-order valence-corrected chi connectivity index (χ3v) is 2.73. The third kappa shape index (κ3) is 1.98. The first kappa shape index (κ1) is 12.4. The van der Waals surface area contributed by atoms with E-state index in [1.807, 2.05) is 13.8 Å². The highest BCUT2D eigenvalue weighted by Crippen LogP contribution is 2.29. The normalized spacial score (nSPS) is 10.0. The lowest BCUT2D eigenvalue weighted by Gasteiger charge is -1.97. The van der Waals surface area contributed by atoms with Gasteiger partial charge in [0.15, 0.2) is 17.5 Å². The highest BCUT2D eigenvalue weighted by atomic mass is 79.9. The van der Waals surface area contributed by atoms with Crippen LogP contribution in [0.2, 0.25) is 0 Å². The van der Waals surface area contributed by atoms with Gasteiger partial charge in [-0.2, -0.15) is 8.75 Å². The lowest BCUT2D eigenvalue weighted by Crippen LogP contribution is -1.93. The number of aromatic nitrogens is 2. The molecule has 2 aromatic rings. The predicted octanol–water partition coefficient (Wildman–Crippen LogP) is 3.90. The highest BCUT2D eigenvalue weighted by Gasteiger charge is 2.21. The Morgan fingerprint density at radius 3 is 2.07 bits per heavy atom. The number of benzene rings is 1. The Kier molecular flexibility index (Phi) is 4.04. The Hall–Kier alpha value is -0.690. The zero-order valence-electron chi connectivity index (χ0n) is 7.81. The van der Waals surface area contributed by atoms with Crippen LogP contribution in [0.25, 0.3) is 11.0 Å². The maximum atomic E-state index is 12.9. The fourth-order valence-corrected chi connectivity index (χ4v) is 1.99. The summed E-state index contributed by atoms with van der Waals surface area (Å²) in [5.74, 6) is -4.12. The van der Waals surface area contributed by atoms with Gasteiger partial charge in [-0.05, 0) is 15.9 Å². The van der Waals surface area contributed by atoms with Gasteiger partial charge in [0.25, 0.3) is 0 Å². The number of halogens is 4. The molecule has 0 amide bonds. The Labute approximate surface area is 96.6 Å². The summed E-state index contributed by atoms with van der Waals surface area (Å²) in [5, 5.41) is 0. The summed E-state index contributed by atoms with van der Waals surface area (Å²) in [6.07, 6.45) is 0. The van der Waals surface area contributed by atoms with Crippen LogP contribution in [0.4, 0.5) is 13.2 Å². The van der Waals surface area contributed by atoms with Gasteiger partial charge >= 0.3 is 0 Å². The van der Waals surface area contributed by atoms with E-state index in [0.717, 1.165) is 0 Å². The third-order valence-electron chi connectivity index (χ3n) is 1.48. The summed E-state index contributed by atoms with van der Waals surface area (Å²) < 4.78 is 45.5. The Balaban J connectivity index is 0.000000531. The molecule has 1 aromatic heterocycles. The van der Waals surface area contributed by atoms with Crippen LogP contribution in [-0.2, 0) is 0 Å². The topological polar surface area (TPSA) is 25.8 Å². The first-order chi connectivity index (χ1) is 7.13. The minimum atomic E-state index is -1.54. The molecule has 0 saturated carbocycles. The van der Waals surface area contributed by atoms with E-state index >= 15 is 0 Å². The molecule has 0 bridgehead atoms. The summed E-state index contributed by atoms with van der Waals surface area (Å²) in [6, 6.07) is 0. The van der Waals surface area contributed by atoms with E-state index in [-0.39, 0.29) is 15.5 Å². The van der Waals surface area contributed by atoms with Crippen LogP contribution in [0.3, 0.4) is 0 Å².